The summed E-state index contributed by atoms with van der Waals surface area (Å²) in [6.45, 7) is 4.07. The molecule has 0 aromatic carbocycles. The van der Waals surface area contributed by atoms with E-state index in [0.29, 0.717) is 6.04 Å². The molecule has 2 aliphatic heterocycles. The van der Waals surface area contributed by atoms with Gasteiger partial charge in [0.1, 0.15) is 0 Å². The van der Waals surface area contributed by atoms with Gasteiger partial charge in [0, 0.05) is 25.7 Å². The normalized spacial score (nSPS) is 24.4. The Morgan fingerprint density at radius 3 is 2.58 bits per heavy atom. The number of nitrogens with one attached hydrogen (secondary N) is 1. The van der Waals surface area contributed by atoms with Gasteiger partial charge in [-0.25, -0.2) is 4.79 Å². The molecule has 2 N–H and O–H groups in total. The summed E-state index contributed by atoms with van der Waals surface area (Å²) in [5.41, 5.74) is 0. The molecule has 6 heteroatoms. The number of carboxylic acids is 1. The lowest BCUT2D eigenvalue weighted by atomic mass is 10.1. The van der Waals surface area contributed by atoms with Crippen molar-refractivity contribution >= 4 is 12.0 Å². The van der Waals surface area contributed by atoms with Crippen molar-refractivity contribution in [3.63, 3.8) is 0 Å². The number of piperidine rings is 1. The van der Waals surface area contributed by atoms with Crippen LogP contribution in [0.4, 0.5) is 4.79 Å². The first kappa shape index (κ1) is 14.1. The van der Waals surface area contributed by atoms with E-state index >= 15 is 0 Å². The van der Waals surface area contributed by atoms with Crippen molar-refractivity contribution in [1.82, 2.24) is 15.1 Å². The fourth-order valence-electron chi connectivity index (χ4n) is 2.90. The Hall–Kier alpha value is -1.30. The van der Waals surface area contributed by atoms with Gasteiger partial charge in [-0.05, 0) is 32.4 Å². The predicted octanol–water partition coefficient (Wildman–Crippen LogP) is 0.731. The number of aliphatic carboxylic acids is 1. The predicted molar refractivity (Wildman–Crippen MR) is 71.1 cm³/mol. The monoisotopic (exact) mass is 269 g/mol. The van der Waals surface area contributed by atoms with E-state index in [2.05, 4.69) is 10.2 Å². The van der Waals surface area contributed by atoms with Gasteiger partial charge >= 0.3 is 12.0 Å². The molecule has 0 aromatic rings. The highest BCUT2D eigenvalue weighted by atomic mass is 16.4. The minimum Gasteiger partial charge on any atom is -0.481 e. The smallest absolute Gasteiger partial charge is 0.317 e. The third-order valence-electron chi connectivity index (χ3n) is 3.97. The maximum atomic E-state index is 11.9. The molecule has 0 spiro atoms. The second-order valence-electron chi connectivity index (χ2n) is 5.36. The molecule has 0 saturated carbocycles. The third-order valence-corrected chi connectivity index (χ3v) is 3.97. The fraction of sp³-hybridized carbons (Fsp3) is 0.846. The molecule has 2 fully saturated rings. The van der Waals surface area contributed by atoms with Gasteiger partial charge in [0.15, 0.2) is 0 Å². The van der Waals surface area contributed by atoms with Crippen molar-refractivity contribution in [1.29, 1.82) is 0 Å². The molecule has 1 unspecified atom stereocenters. The van der Waals surface area contributed by atoms with Gasteiger partial charge in [-0.3, -0.25) is 9.69 Å². The van der Waals surface area contributed by atoms with E-state index in [9.17, 15) is 9.59 Å². The minimum atomic E-state index is -0.882. The number of carboxylic acid groups (broad SMARTS) is 1. The van der Waals surface area contributed by atoms with Gasteiger partial charge in [0.05, 0.1) is 6.42 Å². The summed E-state index contributed by atoms with van der Waals surface area (Å²) in [6, 6.07) is 0.367. The van der Waals surface area contributed by atoms with Crippen LogP contribution in [0.3, 0.4) is 0 Å². The van der Waals surface area contributed by atoms with Crippen LogP contribution in [-0.2, 0) is 4.79 Å². The number of carbonyl (C=O) groups is 2. The van der Waals surface area contributed by atoms with Crippen LogP contribution in [0.5, 0.6) is 0 Å². The van der Waals surface area contributed by atoms with Crippen molar-refractivity contribution < 1.29 is 14.7 Å². The summed E-state index contributed by atoms with van der Waals surface area (Å²) in [5, 5.41) is 11.2. The van der Waals surface area contributed by atoms with E-state index in [0.717, 1.165) is 32.6 Å². The van der Waals surface area contributed by atoms with E-state index < -0.39 is 5.97 Å². The molecule has 1 atom stereocenters. The number of carbonyl (C=O) groups excluding carboxylic acids is 1. The largest absolute Gasteiger partial charge is 0.481 e. The van der Waals surface area contributed by atoms with Crippen LogP contribution in [0.1, 0.15) is 32.1 Å². The maximum absolute atomic E-state index is 11.9. The number of likely N-dealkylation sites (tertiary alicyclic amines) is 2. The molecular formula is C13H23N3O3. The van der Waals surface area contributed by atoms with Gasteiger partial charge in [0.25, 0.3) is 0 Å². The van der Waals surface area contributed by atoms with Crippen molar-refractivity contribution in [2.75, 3.05) is 32.7 Å². The summed E-state index contributed by atoms with van der Waals surface area (Å²) in [4.78, 5) is 26.5. The van der Waals surface area contributed by atoms with Gasteiger partial charge in [-0.15, -0.1) is 0 Å². The van der Waals surface area contributed by atoms with Crippen LogP contribution >= 0.6 is 0 Å². The Morgan fingerprint density at radius 1 is 1.16 bits per heavy atom. The van der Waals surface area contributed by atoms with Gasteiger partial charge in [0.2, 0.25) is 0 Å². The second-order valence-corrected chi connectivity index (χ2v) is 5.36. The topological polar surface area (TPSA) is 72.9 Å². The highest BCUT2D eigenvalue weighted by Gasteiger charge is 2.30. The zero-order valence-electron chi connectivity index (χ0n) is 11.3. The molecule has 0 bridgehead atoms. The minimum absolute atomic E-state index is 0.0187. The molecular weight excluding hydrogens is 246 g/mol. The van der Waals surface area contributed by atoms with Crippen molar-refractivity contribution in [3.05, 3.63) is 0 Å². The van der Waals surface area contributed by atoms with Crippen molar-refractivity contribution in [3.8, 4) is 0 Å². The van der Waals surface area contributed by atoms with E-state index in [1.54, 1.807) is 4.90 Å². The number of rotatable bonds is 4. The summed E-state index contributed by atoms with van der Waals surface area (Å²) in [5.74, 6) is -0.882. The maximum Gasteiger partial charge on any atom is 0.317 e. The van der Waals surface area contributed by atoms with E-state index in [1.807, 2.05) is 0 Å². The van der Waals surface area contributed by atoms with E-state index in [-0.39, 0.29) is 19.0 Å². The van der Waals surface area contributed by atoms with Crippen LogP contribution in [0.25, 0.3) is 0 Å². The van der Waals surface area contributed by atoms with Gasteiger partial charge in [-0.2, -0.15) is 0 Å². The Bertz CT molecular complexity index is 329. The molecule has 2 rings (SSSR count). The molecule has 2 heterocycles. The van der Waals surface area contributed by atoms with Crippen LogP contribution in [-0.4, -0.2) is 65.7 Å². The number of urea groups is 1. The molecule has 0 radical (unpaired) electrons. The molecule has 0 aliphatic carbocycles. The lowest BCUT2D eigenvalue weighted by Crippen LogP contribution is -2.44. The van der Waals surface area contributed by atoms with E-state index in [1.165, 1.54) is 19.3 Å². The Balaban J connectivity index is 1.71. The zero-order valence-corrected chi connectivity index (χ0v) is 11.3. The summed E-state index contributed by atoms with van der Waals surface area (Å²) in [6.07, 6.45) is 4.87. The first-order valence-corrected chi connectivity index (χ1v) is 7.15. The lowest BCUT2D eigenvalue weighted by Gasteiger charge is -2.32. The highest BCUT2D eigenvalue weighted by Crippen LogP contribution is 2.20. The van der Waals surface area contributed by atoms with Crippen LogP contribution in [0.2, 0.25) is 0 Å². The van der Waals surface area contributed by atoms with Gasteiger partial charge < -0.3 is 15.3 Å². The van der Waals surface area contributed by atoms with Crippen LogP contribution in [0.15, 0.2) is 0 Å². The Morgan fingerprint density at radius 2 is 1.89 bits per heavy atom. The Labute approximate surface area is 113 Å². The molecule has 2 aliphatic rings. The number of hydrogen-bond acceptors (Lipinski definition) is 3. The third kappa shape index (κ3) is 4.09. The molecule has 2 amide bonds. The first-order valence-electron chi connectivity index (χ1n) is 7.15. The highest BCUT2D eigenvalue weighted by molar-refractivity contribution is 5.75. The molecule has 0 aromatic heterocycles. The fourth-order valence-corrected chi connectivity index (χ4v) is 2.90. The average molecular weight is 269 g/mol. The molecule has 108 valence electrons. The van der Waals surface area contributed by atoms with Gasteiger partial charge in [-0.1, -0.05) is 6.42 Å². The van der Waals surface area contributed by atoms with Crippen LogP contribution in [0, 0.1) is 0 Å². The standard InChI is InChI=1S/C13H23N3O3/c17-12(18)4-6-14-13(19)16-9-5-11(10-16)15-7-2-1-3-8-15/h11H,1-10H2,(H,14,19)(H,17,18). The quantitative estimate of drug-likeness (QED) is 0.789. The second kappa shape index (κ2) is 6.75. The summed E-state index contributed by atoms with van der Waals surface area (Å²) >= 11 is 0. The van der Waals surface area contributed by atoms with Crippen LogP contribution < -0.4 is 5.32 Å². The average Bonchev–Trinajstić information content (AvgIpc) is 2.89. The summed E-state index contributed by atoms with van der Waals surface area (Å²) in [7, 11) is 0. The number of amides is 2. The first-order chi connectivity index (χ1) is 9.16. The number of nitrogens with zero attached hydrogens (tertiary/aromatic N) is 2. The van der Waals surface area contributed by atoms with Crippen molar-refractivity contribution in [2.24, 2.45) is 0 Å². The molecule has 6 nitrogen and oxygen atoms in total. The lowest BCUT2D eigenvalue weighted by molar-refractivity contribution is -0.136. The molecule has 19 heavy (non-hydrogen) atoms. The zero-order chi connectivity index (χ0) is 13.7. The molecule has 2 saturated heterocycles. The summed E-state index contributed by atoms with van der Waals surface area (Å²) < 4.78 is 0. The van der Waals surface area contributed by atoms with Crippen molar-refractivity contribution in [2.45, 2.75) is 38.1 Å². The van der Waals surface area contributed by atoms with E-state index in [4.69, 9.17) is 5.11 Å². The Kier molecular flexibility index (Phi) is 5.01. The number of hydrogen-bond donors (Lipinski definition) is 2. The SMILES string of the molecule is O=C(O)CCNC(=O)N1CCC(N2CCCCC2)C1.